The molecule has 0 aromatic rings. The van der Waals surface area contributed by atoms with E-state index in [0.29, 0.717) is 5.92 Å². The van der Waals surface area contributed by atoms with E-state index in [2.05, 4.69) is 11.8 Å². The van der Waals surface area contributed by atoms with E-state index in [1.807, 2.05) is 0 Å². The zero-order valence-corrected chi connectivity index (χ0v) is 4.57. The first kappa shape index (κ1) is 4.11. The fourth-order valence-electron chi connectivity index (χ4n) is 1.33. The Morgan fingerprint density at radius 3 is 2.75 bits per heavy atom. The summed E-state index contributed by atoms with van der Waals surface area (Å²) >= 11 is 0. The van der Waals surface area contributed by atoms with Gasteiger partial charge in [0.25, 0.3) is 0 Å². The van der Waals surface area contributed by atoms with Crippen molar-refractivity contribution >= 4 is 5.71 Å². The van der Waals surface area contributed by atoms with Crippen molar-refractivity contribution in [3.05, 3.63) is 17.4 Å². The molecule has 2 aliphatic rings. The van der Waals surface area contributed by atoms with Crippen LogP contribution in [0.2, 0.25) is 0 Å². The molecule has 0 heterocycles. The molecule has 2 aliphatic carbocycles. The predicted octanol–water partition coefficient (Wildman–Crippen LogP) is 1.51. The molecule has 0 saturated heterocycles. The monoisotopic (exact) mass is 105 g/mol. The average molecular weight is 105 g/mol. The van der Waals surface area contributed by atoms with E-state index in [9.17, 15) is 0 Å². The molecule has 0 aromatic carbocycles. The quantitative estimate of drug-likeness (QED) is 0.451. The molecule has 1 fully saturated rings. The zero-order chi connectivity index (χ0) is 5.56. The van der Waals surface area contributed by atoms with Crippen LogP contribution in [0.25, 0.3) is 0 Å². The lowest BCUT2D eigenvalue weighted by molar-refractivity contribution is 0.747. The summed E-state index contributed by atoms with van der Waals surface area (Å²) in [6.45, 7) is 0. The molecule has 0 radical (unpaired) electrons. The van der Waals surface area contributed by atoms with E-state index in [1.54, 1.807) is 0 Å². The summed E-state index contributed by atoms with van der Waals surface area (Å²) in [5, 5.41) is 7.32. The molecule has 2 rings (SSSR count). The van der Waals surface area contributed by atoms with Crippen LogP contribution in [0.1, 0.15) is 12.8 Å². The Hall–Kier alpha value is -0.810. The molecule has 1 unspecified atom stereocenters. The van der Waals surface area contributed by atoms with Crippen LogP contribution in [0.5, 0.6) is 0 Å². The molecule has 2 bridgehead atoms. The SMILES string of the molecule is N=C1CC2C=C=C1C2. The van der Waals surface area contributed by atoms with Gasteiger partial charge in [0.1, 0.15) is 0 Å². The largest absolute Gasteiger partial charge is 0.304 e. The van der Waals surface area contributed by atoms with Gasteiger partial charge in [-0.25, -0.2) is 0 Å². The van der Waals surface area contributed by atoms with Gasteiger partial charge in [0.05, 0.1) is 0 Å². The fraction of sp³-hybridized carbons (Fsp3) is 0.429. The van der Waals surface area contributed by atoms with Gasteiger partial charge >= 0.3 is 0 Å². The van der Waals surface area contributed by atoms with Crippen molar-refractivity contribution in [3.8, 4) is 0 Å². The topological polar surface area (TPSA) is 23.9 Å². The number of fused-ring (bicyclic) bond motifs is 2. The minimum atomic E-state index is 0.650. The first-order chi connectivity index (χ1) is 3.86. The maximum atomic E-state index is 7.32. The van der Waals surface area contributed by atoms with Gasteiger partial charge in [-0.1, -0.05) is 0 Å². The lowest BCUT2D eigenvalue weighted by Gasteiger charge is -1.93. The van der Waals surface area contributed by atoms with E-state index >= 15 is 0 Å². The molecule has 40 valence electrons. The summed E-state index contributed by atoms with van der Waals surface area (Å²) in [6, 6.07) is 0. The summed E-state index contributed by atoms with van der Waals surface area (Å²) < 4.78 is 0. The lowest BCUT2D eigenvalue weighted by Crippen LogP contribution is -1.92. The second kappa shape index (κ2) is 1.12. The van der Waals surface area contributed by atoms with Gasteiger partial charge in [0.15, 0.2) is 0 Å². The van der Waals surface area contributed by atoms with Gasteiger partial charge in [-0.3, -0.25) is 0 Å². The van der Waals surface area contributed by atoms with Gasteiger partial charge in [-0.05, 0) is 24.8 Å². The van der Waals surface area contributed by atoms with Crippen molar-refractivity contribution in [3.63, 3.8) is 0 Å². The smallest absolute Gasteiger partial charge is 0.0429 e. The van der Waals surface area contributed by atoms with Gasteiger partial charge in [-0.15, -0.1) is 5.73 Å². The maximum Gasteiger partial charge on any atom is 0.0429 e. The van der Waals surface area contributed by atoms with E-state index in [0.717, 1.165) is 24.1 Å². The maximum absolute atomic E-state index is 7.32. The van der Waals surface area contributed by atoms with Crippen LogP contribution in [-0.4, -0.2) is 5.71 Å². The summed E-state index contributed by atoms with van der Waals surface area (Å²) in [4.78, 5) is 0. The van der Waals surface area contributed by atoms with Crippen LogP contribution >= 0.6 is 0 Å². The molecule has 0 aliphatic heterocycles. The third-order valence-corrected chi connectivity index (χ3v) is 1.79. The van der Waals surface area contributed by atoms with Crippen molar-refractivity contribution in [1.29, 1.82) is 5.41 Å². The Bertz CT molecular complexity index is 204. The van der Waals surface area contributed by atoms with Crippen molar-refractivity contribution in [2.75, 3.05) is 0 Å². The zero-order valence-electron chi connectivity index (χ0n) is 4.57. The minimum Gasteiger partial charge on any atom is -0.304 e. The van der Waals surface area contributed by atoms with E-state index in [1.165, 1.54) is 0 Å². The third kappa shape index (κ3) is 0.348. The van der Waals surface area contributed by atoms with Crippen LogP contribution in [0, 0.1) is 11.3 Å². The highest BCUT2D eigenvalue weighted by Gasteiger charge is 2.25. The second-order valence-electron chi connectivity index (χ2n) is 2.44. The molecule has 1 atom stereocenters. The average Bonchev–Trinajstić information content (AvgIpc) is 2.23. The van der Waals surface area contributed by atoms with Gasteiger partial charge < -0.3 is 5.41 Å². The molecule has 1 nitrogen and oxygen atoms in total. The van der Waals surface area contributed by atoms with Crippen molar-refractivity contribution in [2.45, 2.75) is 12.8 Å². The Balaban J connectivity index is 2.54. The molecular weight excluding hydrogens is 98.1 g/mol. The number of rotatable bonds is 0. The third-order valence-electron chi connectivity index (χ3n) is 1.79. The van der Waals surface area contributed by atoms with Crippen molar-refractivity contribution in [2.24, 2.45) is 5.92 Å². The first-order valence-corrected chi connectivity index (χ1v) is 2.90. The van der Waals surface area contributed by atoms with Crippen LogP contribution in [-0.2, 0) is 0 Å². The molecule has 1 heteroatoms. The highest BCUT2D eigenvalue weighted by atomic mass is 14.5. The van der Waals surface area contributed by atoms with E-state index in [-0.39, 0.29) is 0 Å². The van der Waals surface area contributed by atoms with Crippen molar-refractivity contribution < 1.29 is 0 Å². The Morgan fingerprint density at radius 2 is 2.50 bits per heavy atom. The Kier molecular flexibility index (Phi) is 0.576. The molecule has 1 N–H and O–H groups in total. The minimum absolute atomic E-state index is 0.650. The van der Waals surface area contributed by atoms with Gasteiger partial charge in [0, 0.05) is 11.3 Å². The summed E-state index contributed by atoms with van der Waals surface area (Å²) in [6.07, 6.45) is 4.16. The predicted molar refractivity (Wildman–Crippen MR) is 32.0 cm³/mol. The normalized spacial score (nSPS) is 31.8. The van der Waals surface area contributed by atoms with Crippen LogP contribution < -0.4 is 0 Å². The van der Waals surface area contributed by atoms with E-state index < -0.39 is 0 Å². The summed E-state index contributed by atoms with van der Waals surface area (Å²) in [5.74, 6) is 0.650. The van der Waals surface area contributed by atoms with Crippen molar-refractivity contribution in [1.82, 2.24) is 0 Å². The second-order valence-corrected chi connectivity index (χ2v) is 2.44. The lowest BCUT2D eigenvalue weighted by atomic mass is 10.1. The highest BCUT2D eigenvalue weighted by Crippen LogP contribution is 2.31. The number of hydrogen-bond acceptors (Lipinski definition) is 1. The van der Waals surface area contributed by atoms with Crippen LogP contribution in [0.15, 0.2) is 17.4 Å². The standard InChI is InChI=1S/C7H7N/c8-7-4-5-1-2-6(7)3-5/h1,5,8H,3-4H2. The number of hydrogen-bond donors (Lipinski definition) is 1. The van der Waals surface area contributed by atoms with E-state index in [4.69, 9.17) is 5.41 Å². The Morgan fingerprint density at radius 1 is 1.62 bits per heavy atom. The first-order valence-electron chi connectivity index (χ1n) is 2.90. The highest BCUT2D eigenvalue weighted by molar-refractivity contribution is 6.01. The molecule has 1 saturated carbocycles. The summed E-state index contributed by atoms with van der Waals surface area (Å²) in [5.41, 5.74) is 5.04. The summed E-state index contributed by atoms with van der Waals surface area (Å²) in [7, 11) is 0. The number of nitrogens with one attached hydrogen (secondary N) is 1. The molecule has 0 amide bonds. The van der Waals surface area contributed by atoms with Gasteiger partial charge in [-0.2, -0.15) is 0 Å². The molecule has 0 spiro atoms. The Labute approximate surface area is 48.2 Å². The van der Waals surface area contributed by atoms with Crippen LogP contribution in [0.3, 0.4) is 0 Å². The number of allylic oxidation sites excluding steroid dienone is 1. The molecule has 8 heavy (non-hydrogen) atoms. The fourth-order valence-corrected chi connectivity index (χ4v) is 1.33. The van der Waals surface area contributed by atoms with Crippen LogP contribution in [0.4, 0.5) is 0 Å². The molecule has 0 aromatic heterocycles. The molecular formula is C7H7N. The van der Waals surface area contributed by atoms with Gasteiger partial charge in [0.2, 0.25) is 0 Å².